The molecule has 3 rings (SSSR count). The van der Waals surface area contributed by atoms with Crippen molar-refractivity contribution in [3.05, 3.63) is 59.2 Å². The Kier molecular flexibility index (Phi) is 13.3. The summed E-state index contributed by atoms with van der Waals surface area (Å²) in [5, 5.41) is 62.1. The van der Waals surface area contributed by atoms with Gasteiger partial charge in [0.25, 0.3) is 0 Å². The lowest BCUT2D eigenvalue weighted by molar-refractivity contribution is -0.356. The van der Waals surface area contributed by atoms with Crippen LogP contribution < -0.4 is 0 Å². The van der Waals surface area contributed by atoms with E-state index in [0.717, 1.165) is 18.4 Å². The molecule has 1 aromatic rings. The van der Waals surface area contributed by atoms with Gasteiger partial charge in [-0.2, -0.15) is 0 Å². The summed E-state index contributed by atoms with van der Waals surface area (Å²) in [4.78, 5) is 12.4. The van der Waals surface area contributed by atoms with E-state index in [0.29, 0.717) is 5.56 Å². The van der Waals surface area contributed by atoms with E-state index in [9.17, 15) is 35.4 Å². The number of phenolic OH excluding ortho intramolecular Hbond substituents is 1. The van der Waals surface area contributed by atoms with E-state index in [4.69, 9.17) is 23.7 Å². The number of carbonyl (C=O) groups is 1. The number of carbonyl (C=O) groups excluding carboxylic acids is 1. The monoisotopic (exact) mass is 608 g/mol. The van der Waals surface area contributed by atoms with Gasteiger partial charge in [-0.15, -0.1) is 0 Å². The van der Waals surface area contributed by atoms with E-state index in [1.807, 2.05) is 26.8 Å². The number of benzene rings is 1. The molecule has 2 heterocycles. The molecule has 2 aliphatic rings. The lowest BCUT2D eigenvalue weighted by Crippen LogP contribution is -2.64. The van der Waals surface area contributed by atoms with E-state index in [-0.39, 0.29) is 12.4 Å². The Balaban J connectivity index is 1.69. The third-order valence-corrected chi connectivity index (χ3v) is 7.22. The Morgan fingerprint density at radius 3 is 2.26 bits per heavy atom. The maximum atomic E-state index is 12.4. The van der Waals surface area contributed by atoms with Crippen molar-refractivity contribution in [3.8, 4) is 5.75 Å². The Morgan fingerprint density at radius 1 is 0.884 bits per heavy atom. The molecule has 0 unspecified atom stereocenters. The number of esters is 1. The molecule has 0 spiro atoms. The molecular weight excluding hydrogens is 564 g/mol. The van der Waals surface area contributed by atoms with E-state index in [1.54, 1.807) is 12.1 Å². The van der Waals surface area contributed by atoms with Gasteiger partial charge in [0.15, 0.2) is 12.6 Å². The minimum absolute atomic E-state index is 0.0670. The van der Waals surface area contributed by atoms with Crippen molar-refractivity contribution in [1.82, 2.24) is 0 Å². The van der Waals surface area contributed by atoms with Crippen LogP contribution in [0, 0.1) is 0 Å². The molecule has 12 heteroatoms. The van der Waals surface area contributed by atoms with Crippen LogP contribution in [-0.2, 0) is 28.5 Å². The van der Waals surface area contributed by atoms with Crippen molar-refractivity contribution in [2.24, 2.45) is 0 Å². The highest BCUT2D eigenvalue weighted by Crippen LogP contribution is 2.30. The number of aliphatic hydroxyl groups excluding tert-OH is 5. The van der Waals surface area contributed by atoms with Gasteiger partial charge in [-0.25, -0.2) is 4.79 Å². The van der Waals surface area contributed by atoms with Gasteiger partial charge >= 0.3 is 5.97 Å². The second-order valence-electron chi connectivity index (χ2n) is 11.1. The maximum Gasteiger partial charge on any atom is 0.330 e. The van der Waals surface area contributed by atoms with E-state index >= 15 is 0 Å². The number of hydrogen-bond acceptors (Lipinski definition) is 12. The topological polar surface area (TPSA) is 185 Å². The summed E-state index contributed by atoms with van der Waals surface area (Å²) in [5.74, 6) is -0.656. The first kappa shape index (κ1) is 34.8. The fraction of sp³-hybridized carbons (Fsp3) is 0.581. The second kappa shape index (κ2) is 16.4. The molecule has 240 valence electrons. The molecule has 0 amide bonds. The van der Waals surface area contributed by atoms with Crippen molar-refractivity contribution in [2.45, 2.75) is 102 Å². The number of allylic oxidation sites excluding steroid dienone is 3. The highest BCUT2D eigenvalue weighted by Gasteiger charge is 2.50. The first-order valence-electron chi connectivity index (χ1n) is 14.3. The lowest BCUT2D eigenvalue weighted by atomic mass is 9.97. The molecule has 6 N–H and O–H groups in total. The minimum atomic E-state index is -1.68. The second-order valence-corrected chi connectivity index (χ2v) is 11.1. The molecule has 12 nitrogen and oxygen atoms in total. The van der Waals surface area contributed by atoms with Crippen LogP contribution in [0.4, 0.5) is 0 Å². The molecule has 0 bridgehead atoms. The van der Waals surface area contributed by atoms with Crippen molar-refractivity contribution in [3.63, 3.8) is 0 Å². The van der Waals surface area contributed by atoms with Gasteiger partial charge in [0, 0.05) is 6.08 Å². The third kappa shape index (κ3) is 10.2. The van der Waals surface area contributed by atoms with Crippen molar-refractivity contribution in [2.75, 3.05) is 13.2 Å². The summed E-state index contributed by atoms with van der Waals surface area (Å²) in [6, 6.07) is 6.15. The van der Waals surface area contributed by atoms with Crippen LogP contribution in [0.15, 0.2) is 53.6 Å². The first-order valence-corrected chi connectivity index (χ1v) is 14.3. The molecule has 43 heavy (non-hydrogen) atoms. The summed E-state index contributed by atoms with van der Waals surface area (Å²) in [6.07, 6.45) is -5.88. The van der Waals surface area contributed by atoms with E-state index in [1.165, 1.54) is 36.8 Å². The average molecular weight is 609 g/mol. The molecule has 2 fully saturated rings. The Morgan fingerprint density at radius 2 is 1.58 bits per heavy atom. The van der Waals surface area contributed by atoms with Gasteiger partial charge in [0.1, 0.15) is 55.1 Å². The summed E-state index contributed by atoms with van der Waals surface area (Å²) in [5.41, 5.74) is 2.92. The molecule has 10 atom stereocenters. The molecule has 2 aliphatic heterocycles. The third-order valence-electron chi connectivity index (χ3n) is 7.22. The van der Waals surface area contributed by atoms with Crippen molar-refractivity contribution in [1.29, 1.82) is 0 Å². The largest absolute Gasteiger partial charge is 0.508 e. The van der Waals surface area contributed by atoms with Gasteiger partial charge in [-0.05, 0) is 64.3 Å². The standard InChI is InChI=1S/C31H44O12/c1-17(2)6-5-7-18(3)14-15-39-30-28(38)29(43-31-27(37)26(36)24(34)19(4)41-31)25(35)22(42-30)16-40-23(33)13-10-20-8-11-21(32)12-9-20/h6,8-14,19,22,24-32,34-38H,5,7,15-16H2,1-4H3/t19-,22+,24-,25+,26+,27+,28+,29-,30+,31-/m0/s1. The van der Waals surface area contributed by atoms with Gasteiger partial charge in [0.2, 0.25) is 0 Å². The van der Waals surface area contributed by atoms with Crippen LogP contribution in [0.2, 0.25) is 0 Å². The van der Waals surface area contributed by atoms with Gasteiger partial charge < -0.3 is 54.3 Å². The first-order chi connectivity index (χ1) is 20.4. The van der Waals surface area contributed by atoms with E-state index in [2.05, 4.69) is 6.08 Å². The lowest BCUT2D eigenvalue weighted by Gasteiger charge is -2.45. The molecule has 0 saturated carbocycles. The van der Waals surface area contributed by atoms with E-state index < -0.39 is 74.0 Å². The zero-order valence-electron chi connectivity index (χ0n) is 24.9. The van der Waals surface area contributed by atoms with Crippen LogP contribution >= 0.6 is 0 Å². The fourth-order valence-corrected chi connectivity index (χ4v) is 4.56. The van der Waals surface area contributed by atoms with Crippen LogP contribution in [0.25, 0.3) is 6.08 Å². The summed E-state index contributed by atoms with van der Waals surface area (Å²) >= 11 is 0. The molecule has 1 aromatic carbocycles. The Hall–Kier alpha value is -2.65. The number of aliphatic hydroxyl groups is 5. The maximum absolute atomic E-state index is 12.4. The zero-order chi connectivity index (χ0) is 31.7. The SMILES string of the molecule is CC(C)=CCCC(C)=CCO[C@@H]1O[C@H](COC(=O)C=Cc2ccc(O)cc2)[C@@H](O)[C@H](O[C@@H]2O[C@@H](C)[C@H](O)[C@@H](O)[C@H]2O)[C@H]1O. The number of hydrogen-bond donors (Lipinski definition) is 6. The Bertz CT molecular complexity index is 1110. The van der Waals surface area contributed by atoms with Crippen LogP contribution in [0.5, 0.6) is 5.75 Å². The highest BCUT2D eigenvalue weighted by atomic mass is 16.7. The fourth-order valence-electron chi connectivity index (χ4n) is 4.56. The van der Waals surface area contributed by atoms with Crippen LogP contribution in [-0.4, -0.2) is 111 Å². The van der Waals surface area contributed by atoms with Gasteiger partial charge in [0.05, 0.1) is 12.7 Å². The predicted octanol–water partition coefficient (Wildman–Crippen LogP) is 1.32. The summed E-state index contributed by atoms with van der Waals surface area (Å²) in [6.45, 7) is 7.11. The average Bonchev–Trinajstić information content (AvgIpc) is 2.96. The van der Waals surface area contributed by atoms with Crippen molar-refractivity contribution < 1.29 is 59.1 Å². The smallest absolute Gasteiger partial charge is 0.330 e. The van der Waals surface area contributed by atoms with Gasteiger partial charge in [-0.3, -0.25) is 0 Å². The highest BCUT2D eigenvalue weighted by molar-refractivity contribution is 5.87. The molecule has 2 saturated heterocycles. The number of aromatic hydroxyl groups is 1. The summed E-state index contributed by atoms with van der Waals surface area (Å²) in [7, 11) is 0. The molecule has 0 aromatic heterocycles. The minimum Gasteiger partial charge on any atom is -0.508 e. The number of rotatable bonds is 12. The quantitative estimate of drug-likeness (QED) is 0.114. The normalized spacial score (nSPS) is 33.4. The summed E-state index contributed by atoms with van der Waals surface area (Å²) < 4.78 is 28.1. The van der Waals surface area contributed by atoms with Gasteiger partial charge in [-0.1, -0.05) is 35.4 Å². The predicted molar refractivity (Wildman–Crippen MR) is 154 cm³/mol. The molecular formula is C31H44O12. The molecule has 0 radical (unpaired) electrons. The molecule has 0 aliphatic carbocycles. The van der Waals surface area contributed by atoms with Crippen LogP contribution in [0.3, 0.4) is 0 Å². The Labute approximate surface area is 251 Å². The number of phenols is 1. The number of ether oxygens (including phenoxy) is 5. The van der Waals surface area contributed by atoms with Crippen LogP contribution in [0.1, 0.15) is 46.1 Å². The zero-order valence-corrected chi connectivity index (χ0v) is 24.9. The van der Waals surface area contributed by atoms with Crippen molar-refractivity contribution >= 4 is 12.0 Å².